The van der Waals surface area contributed by atoms with Gasteiger partial charge in [-0.3, -0.25) is 4.79 Å². The van der Waals surface area contributed by atoms with E-state index in [1.165, 1.54) is 12.8 Å². The molecule has 2 rings (SSSR count). The van der Waals surface area contributed by atoms with E-state index >= 15 is 0 Å². The molecule has 2 aliphatic carbocycles. The number of fused-ring (bicyclic) bond motifs is 1. The Hall–Kier alpha value is -0.530. The summed E-state index contributed by atoms with van der Waals surface area (Å²) < 4.78 is 0. The van der Waals surface area contributed by atoms with Gasteiger partial charge in [-0.15, -0.1) is 0 Å². The van der Waals surface area contributed by atoms with E-state index in [1.807, 2.05) is 0 Å². The third kappa shape index (κ3) is 1.05. The predicted molar refractivity (Wildman–Crippen MR) is 45.7 cm³/mol. The van der Waals surface area contributed by atoms with Gasteiger partial charge in [-0.05, 0) is 36.5 Å². The Morgan fingerprint density at radius 3 is 2.17 bits per heavy atom. The van der Waals surface area contributed by atoms with Gasteiger partial charge < -0.3 is 5.11 Å². The van der Waals surface area contributed by atoms with Crippen LogP contribution in [0.4, 0.5) is 0 Å². The zero-order chi connectivity index (χ0) is 8.88. The lowest BCUT2D eigenvalue weighted by atomic mass is 9.89. The van der Waals surface area contributed by atoms with Crippen LogP contribution in [0.2, 0.25) is 0 Å². The Bertz CT molecular complexity index is 198. The molecular weight excluding hydrogens is 152 g/mol. The molecule has 0 aromatic rings. The van der Waals surface area contributed by atoms with E-state index in [9.17, 15) is 4.79 Å². The van der Waals surface area contributed by atoms with Crippen LogP contribution in [0.1, 0.15) is 26.7 Å². The SMILES string of the molecule is CC(C)C1CC2C(C1)C2C(=O)O. The van der Waals surface area contributed by atoms with Gasteiger partial charge >= 0.3 is 5.97 Å². The van der Waals surface area contributed by atoms with Crippen LogP contribution in [-0.2, 0) is 4.79 Å². The first-order valence-corrected chi connectivity index (χ1v) is 4.84. The van der Waals surface area contributed by atoms with E-state index in [1.54, 1.807) is 0 Å². The molecule has 0 aliphatic heterocycles. The molecule has 2 unspecified atom stereocenters. The van der Waals surface area contributed by atoms with Gasteiger partial charge in [0.25, 0.3) is 0 Å². The summed E-state index contributed by atoms with van der Waals surface area (Å²) in [5, 5.41) is 8.78. The van der Waals surface area contributed by atoms with Gasteiger partial charge in [0, 0.05) is 0 Å². The standard InChI is InChI=1S/C10H16O2/c1-5(2)6-3-7-8(4-6)9(7)10(11)12/h5-9H,3-4H2,1-2H3,(H,11,12). The van der Waals surface area contributed by atoms with Crippen molar-refractivity contribution >= 4 is 5.97 Å². The molecular formula is C10H16O2. The van der Waals surface area contributed by atoms with E-state index in [0.29, 0.717) is 11.8 Å². The first kappa shape index (κ1) is 8.09. The summed E-state index contributed by atoms with van der Waals surface area (Å²) in [6, 6.07) is 0. The maximum Gasteiger partial charge on any atom is 0.307 e. The zero-order valence-corrected chi connectivity index (χ0v) is 7.66. The van der Waals surface area contributed by atoms with Crippen molar-refractivity contribution in [3.8, 4) is 0 Å². The van der Waals surface area contributed by atoms with Crippen LogP contribution in [-0.4, -0.2) is 11.1 Å². The fourth-order valence-electron chi connectivity index (χ4n) is 2.79. The molecule has 0 radical (unpaired) electrons. The highest BCUT2D eigenvalue weighted by Gasteiger charge is 2.59. The third-order valence-corrected chi connectivity index (χ3v) is 3.71. The summed E-state index contributed by atoms with van der Waals surface area (Å²) in [4.78, 5) is 10.7. The molecule has 0 saturated heterocycles. The van der Waals surface area contributed by atoms with Gasteiger partial charge in [0.05, 0.1) is 5.92 Å². The summed E-state index contributed by atoms with van der Waals surface area (Å²) in [7, 11) is 0. The predicted octanol–water partition coefficient (Wildman–Crippen LogP) is 2.00. The van der Waals surface area contributed by atoms with Crippen LogP contribution in [0.15, 0.2) is 0 Å². The number of aliphatic carboxylic acids is 1. The minimum absolute atomic E-state index is 0.0278. The van der Waals surface area contributed by atoms with Crippen molar-refractivity contribution in [2.45, 2.75) is 26.7 Å². The van der Waals surface area contributed by atoms with Gasteiger partial charge in [-0.2, -0.15) is 0 Å². The molecule has 2 atom stereocenters. The fraction of sp³-hybridized carbons (Fsp3) is 0.900. The molecule has 2 nitrogen and oxygen atoms in total. The molecule has 12 heavy (non-hydrogen) atoms. The van der Waals surface area contributed by atoms with Gasteiger partial charge in [-0.1, -0.05) is 13.8 Å². The lowest BCUT2D eigenvalue weighted by Crippen LogP contribution is -2.11. The van der Waals surface area contributed by atoms with E-state index in [4.69, 9.17) is 5.11 Å². The van der Waals surface area contributed by atoms with Crippen molar-refractivity contribution in [2.75, 3.05) is 0 Å². The molecule has 2 heteroatoms. The smallest absolute Gasteiger partial charge is 0.307 e. The van der Waals surface area contributed by atoms with Crippen LogP contribution < -0.4 is 0 Å². The molecule has 68 valence electrons. The topological polar surface area (TPSA) is 37.3 Å². The van der Waals surface area contributed by atoms with Crippen LogP contribution in [0.25, 0.3) is 0 Å². The van der Waals surface area contributed by atoms with Crippen LogP contribution in [0, 0.1) is 29.6 Å². The van der Waals surface area contributed by atoms with Crippen molar-refractivity contribution in [2.24, 2.45) is 29.6 Å². The van der Waals surface area contributed by atoms with Crippen molar-refractivity contribution in [3.05, 3.63) is 0 Å². The maximum atomic E-state index is 10.7. The van der Waals surface area contributed by atoms with Crippen molar-refractivity contribution in [1.29, 1.82) is 0 Å². The van der Waals surface area contributed by atoms with Crippen molar-refractivity contribution in [1.82, 2.24) is 0 Å². The van der Waals surface area contributed by atoms with Crippen molar-refractivity contribution in [3.63, 3.8) is 0 Å². The molecule has 2 fully saturated rings. The second-order valence-electron chi connectivity index (χ2n) is 4.67. The zero-order valence-electron chi connectivity index (χ0n) is 7.66. The molecule has 0 aromatic carbocycles. The number of rotatable bonds is 2. The Balaban J connectivity index is 1.90. The van der Waals surface area contributed by atoms with E-state index in [2.05, 4.69) is 13.8 Å². The van der Waals surface area contributed by atoms with Gasteiger partial charge in [0.2, 0.25) is 0 Å². The van der Waals surface area contributed by atoms with E-state index in [-0.39, 0.29) is 5.92 Å². The Labute approximate surface area is 73.0 Å². The Kier molecular flexibility index (Phi) is 1.67. The first-order valence-electron chi connectivity index (χ1n) is 4.84. The monoisotopic (exact) mass is 168 g/mol. The average molecular weight is 168 g/mol. The minimum atomic E-state index is -0.563. The van der Waals surface area contributed by atoms with E-state index < -0.39 is 5.97 Å². The highest BCUT2D eigenvalue weighted by molar-refractivity contribution is 5.74. The van der Waals surface area contributed by atoms with Crippen LogP contribution >= 0.6 is 0 Å². The number of carboxylic acids is 1. The largest absolute Gasteiger partial charge is 0.481 e. The lowest BCUT2D eigenvalue weighted by molar-refractivity contribution is -0.139. The number of carboxylic acid groups (broad SMARTS) is 1. The lowest BCUT2D eigenvalue weighted by Gasteiger charge is -2.16. The molecule has 0 heterocycles. The van der Waals surface area contributed by atoms with Gasteiger partial charge in [0.1, 0.15) is 0 Å². The van der Waals surface area contributed by atoms with E-state index in [0.717, 1.165) is 11.8 Å². The van der Waals surface area contributed by atoms with Crippen LogP contribution in [0.3, 0.4) is 0 Å². The summed E-state index contributed by atoms with van der Waals surface area (Å²) in [6.45, 7) is 4.48. The maximum absolute atomic E-state index is 10.7. The van der Waals surface area contributed by atoms with Gasteiger partial charge in [0.15, 0.2) is 0 Å². The van der Waals surface area contributed by atoms with Gasteiger partial charge in [-0.25, -0.2) is 0 Å². The summed E-state index contributed by atoms with van der Waals surface area (Å²) in [5.41, 5.74) is 0. The molecule has 0 aromatic heterocycles. The normalized spacial score (nSPS) is 44.6. The highest BCUT2D eigenvalue weighted by atomic mass is 16.4. The Morgan fingerprint density at radius 1 is 1.33 bits per heavy atom. The second-order valence-corrected chi connectivity index (χ2v) is 4.67. The molecule has 2 aliphatic rings. The summed E-state index contributed by atoms with van der Waals surface area (Å²) in [5.74, 6) is 2.08. The van der Waals surface area contributed by atoms with Crippen LogP contribution in [0.5, 0.6) is 0 Å². The Morgan fingerprint density at radius 2 is 1.83 bits per heavy atom. The number of hydrogen-bond acceptors (Lipinski definition) is 1. The fourth-order valence-corrected chi connectivity index (χ4v) is 2.79. The molecule has 0 spiro atoms. The third-order valence-electron chi connectivity index (χ3n) is 3.71. The first-order chi connectivity index (χ1) is 5.61. The summed E-state index contributed by atoms with van der Waals surface area (Å²) >= 11 is 0. The quantitative estimate of drug-likeness (QED) is 0.684. The highest BCUT2D eigenvalue weighted by Crippen LogP contribution is 2.60. The number of carbonyl (C=O) groups is 1. The van der Waals surface area contributed by atoms with Crippen molar-refractivity contribution < 1.29 is 9.90 Å². The minimum Gasteiger partial charge on any atom is -0.481 e. The molecule has 0 bridgehead atoms. The average Bonchev–Trinajstić information content (AvgIpc) is 2.48. The second kappa shape index (κ2) is 2.48. The molecule has 0 amide bonds. The number of hydrogen-bond donors (Lipinski definition) is 1. The molecule has 1 N–H and O–H groups in total. The molecule has 2 saturated carbocycles. The summed E-state index contributed by atoms with van der Waals surface area (Å²) in [6.07, 6.45) is 2.33.